The van der Waals surface area contributed by atoms with Gasteiger partial charge in [0.1, 0.15) is 0 Å². The van der Waals surface area contributed by atoms with Crippen LogP contribution in [0.3, 0.4) is 0 Å². The number of carbonyl (C=O) groups excluding carboxylic acids is 2. The molecule has 0 saturated heterocycles. The van der Waals surface area contributed by atoms with Crippen LogP contribution < -0.4 is 10.6 Å². The zero-order chi connectivity index (χ0) is 16.4. The molecule has 23 heavy (non-hydrogen) atoms. The first-order valence-electron chi connectivity index (χ1n) is 7.76. The first kappa shape index (κ1) is 15.2. The van der Waals surface area contributed by atoms with Gasteiger partial charge in [0.05, 0.1) is 5.92 Å². The largest absolute Gasteiger partial charge is 0.369 e. The first-order valence-corrected chi connectivity index (χ1v) is 7.76. The fraction of sp³-hybridized carbons (Fsp3) is 0.278. The SMILES string of the molecule is CCc1cnccc1C(=O)N1CC[C@H](C(N)=O)c2ccccc21. The van der Waals surface area contributed by atoms with E-state index < -0.39 is 0 Å². The Morgan fingerprint density at radius 3 is 2.83 bits per heavy atom. The van der Waals surface area contributed by atoms with Gasteiger partial charge < -0.3 is 10.6 Å². The van der Waals surface area contributed by atoms with Crippen molar-refractivity contribution < 1.29 is 9.59 Å². The number of primary amides is 1. The van der Waals surface area contributed by atoms with Gasteiger partial charge in [-0.05, 0) is 36.1 Å². The molecule has 0 aliphatic carbocycles. The molecular weight excluding hydrogens is 290 g/mol. The van der Waals surface area contributed by atoms with Crippen LogP contribution in [-0.4, -0.2) is 23.3 Å². The van der Waals surface area contributed by atoms with Gasteiger partial charge in [0, 0.05) is 30.2 Å². The van der Waals surface area contributed by atoms with Crippen LogP contribution in [0.15, 0.2) is 42.7 Å². The quantitative estimate of drug-likeness (QED) is 0.945. The minimum Gasteiger partial charge on any atom is -0.369 e. The summed E-state index contributed by atoms with van der Waals surface area (Å²) in [5.41, 5.74) is 8.69. The number of carbonyl (C=O) groups is 2. The Hall–Kier alpha value is -2.69. The number of hydrogen-bond donors (Lipinski definition) is 1. The van der Waals surface area contributed by atoms with Gasteiger partial charge >= 0.3 is 0 Å². The number of para-hydroxylation sites is 1. The number of amides is 2. The van der Waals surface area contributed by atoms with Crippen molar-refractivity contribution >= 4 is 17.5 Å². The molecule has 2 amide bonds. The van der Waals surface area contributed by atoms with Crippen molar-refractivity contribution in [3.8, 4) is 0 Å². The van der Waals surface area contributed by atoms with Crippen LogP contribution in [0.1, 0.15) is 40.7 Å². The molecule has 0 fully saturated rings. The minimum atomic E-state index is -0.345. The van der Waals surface area contributed by atoms with E-state index in [1.165, 1.54) is 0 Å². The van der Waals surface area contributed by atoms with Crippen LogP contribution in [0.2, 0.25) is 0 Å². The molecule has 2 heterocycles. The molecule has 0 spiro atoms. The summed E-state index contributed by atoms with van der Waals surface area (Å²) in [5.74, 6) is -0.735. The summed E-state index contributed by atoms with van der Waals surface area (Å²) in [6, 6.07) is 9.24. The second-order valence-corrected chi connectivity index (χ2v) is 5.65. The highest BCUT2D eigenvalue weighted by Crippen LogP contribution is 2.35. The molecule has 5 nitrogen and oxygen atoms in total. The number of aryl methyl sites for hydroxylation is 1. The van der Waals surface area contributed by atoms with Crippen LogP contribution >= 0.6 is 0 Å². The normalized spacial score (nSPS) is 16.7. The fourth-order valence-electron chi connectivity index (χ4n) is 3.13. The molecule has 0 bridgehead atoms. The highest BCUT2D eigenvalue weighted by Gasteiger charge is 2.32. The highest BCUT2D eigenvalue weighted by molar-refractivity contribution is 6.08. The van der Waals surface area contributed by atoms with E-state index in [1.807, 2.05) is 31.2 Å². The third-order valence-corrected chi connectivity index (χ3v) is 4.35. The van der Waals surface area contributed by atoms with E-state index in [0.29, 0.717) is 18.5 Å². The molecule has 1 atom stereocenters. The molecule has 2 aromatic rings. The summed E-state index contributed by atoms with van der Waals surface area (Å²) in [4.78, 5) is 30.5. The van der Waals surface area contributed by atoms with Crippen LogP contribution in [0, 0.1) is 0 Å². The minimum absolute atomic E-state index is 0.0559. The van der Waals surface area contributed by atoms with Crippen molar-refractivity contribution in [2.24, 2.45) is 5.73 Å². The van der Waals surface area contributed by atoms with Crippen molar-refractivity contribution in [3.63, 3.8) is 0 Å². The summed E-state index contributed by atoms with van der Waals surface area (Å²) in [6.07, 6.45) is 4.66. The Morgan fingerprint density at radius 2 is 2.09 bits per heavy atom. The smallest absolute Gasteiger partial charge is 0.258 e. The number of aromatic nitrogens is 1. The summed E-state index contributed by atoms with van der Waals surface area (Å²) in [7, 11) is 0. The van der Waals surface area contributed by atoms with Crippen LogP contribution in [0.5, 0.6) is 0 Å². The fourth-order valence-corrected chi connectivity index (χ4v) is 3.13. The van der Waals surface area contributed by atoms with E-state index in [2.05, 4.69) is 4.98 Å². The topological polar surface area (TPSA) is 76.3 Å². The first-order chi connectivity index (χ1) is 11.1. The Bertz CT molecular complexity index is 757. The van der Waals surface area contributed by atoms with E-state index in [-0.39, 0.29) is 17.7 Å². The van der Waals surface area contributed by atoms with E-state index in [0.717, 1.165) is 23.2 Å². The van der Waals surface area contributed by atoms with E-state index in [4.69, 9.17) is 5.73 Å². The van der Waals surface area contributed by atoms with Gasteiger partial charge in [0.25, 0.3) is 5.91 Å². The lowest BCUT2D eigenvalue weighted by Crippen LogP contribution is -2.39. The Morgan fingerprint density at radius 1 is 1.30 bits per heavy atom. The monoisotopic (exact) mass is 309 g/mol. The number of fused-ring (bicyclic) bond motifs is 1. The zero-order valence-corrected chi connectivity index (χ0v) is 13.0. The number of benzene rings is 1. The third kappa shape index (κ3) is 2.70. The standard InChI is InChI=1S/C18H19N3O2/c1-2-12-11-20-9-7-13(12)18(23)21-10-8-15(17(19)22)14-5-3-4-6-16(14)21/h3-7,9,11,15H,2,8,10H2,1H3,(H2,19,22)/t15-/m0/s1. The predicted octanol–water partition coefficient (Wildman–Crippen LogP) is 2.26. The molecule has 1 aromatic carbocycles. The van der Waals surface area contributed by atoms with Crippen molar-refractivity contribution in [2.45, 2.75) is 25.7 Å². The predicted molar refractivity (Wildman–Crippen MR) is 88.3 cm³/mol. The van der Waals surface area contributed by atoms with E-state index >= 15 is 0 Å². The van der Waals surface area contributed by atoms with Gasteiger partial charge in [-0.1, -0.05) is 25.1 Å². The number of anilines is 1. The van der Waals surface area contributed by atoms with Crippen molar-refractivity contribution in [1.82, 2.24) is 4.98 Å². The van der Waals surface area contributed by atoms with Gasteiger partial charge in [-0.25, -0.2) is 0 Å². The van der Waals surface area contributed by atoms with Gasteiger partial charge in [0.15, 0.2) is 0 Å². The maximum absolute atomic E-state index is 13.0. The molecule has 1 aliphatic heterocycles. The maximum Gasteiger partial charge on any atom is 0.258 e. The van der Waals surface area contributed by atoms with E-state index in [1.54, 1.807) is 23.4 Å². The number of pyridine rings is 1. The van der Waals surface area contributed by atoms with Crippen LogP contribution in [0.4, 0.5) is 5.69 Å². The average molecular weight is 309 g/mol. The van der Waals surface area contributed by atoms with Crippen molar-refractivity contribution in [3.05, 3.63) is 59.4 Å². The molecule has 0 radical (unpaired) electrons. The van der Waals surface area contributed by atoms with Gasteiger partial charge in [-0.2, -0.15) is 0 Å². The molecule has 0 unspecified atom stereocenters. The Balaban J connectivity index is 2.02. The summed E-state index contributed by atoms with van der Waals surface area (Å²) < 4.78 is 0. The molecule has 2 N–H and O–H groups in total. The molecule has 1 aliphatic rings. The second-order valence-electron chi connectivity index (χ2n) is 5.65. The lowest BCUT2D eigenvalue weighted by atomic mass is 9.89. The van der Waals surface area contributed by atoms with Crippen LogP contribution in [0.25, 0.3) is 0 Å². The number of rotatable bonds is 3. The average Bonchev–Trinajstić information content (AvgIpc) is 2.60. The lowest BCUT2D eigenvalue weighted by molar-refractivity contribution is -0.119. The number of nitrogens with zero attached hydrogens (tertiary/aromatic N) is 2. The van der Waals surface area contributed by atoms with Gasteiger partial charge in [-0.15, -0.1) is 0 Å². The maximum atomic E-state index is 13.0. The Labute approximate surface area is 135 Å². The molecule has 3 rings (SSSR count). The summed E-state index contributed by atoms with van der Waals surface area (Å²) >= 11 is 0. The van der Waals surface area contributed by atoms with E-state index in [9.17, 15) is 9.59 Å². The zero-order valence-electron chi connectivity index (χ0n) is 13.0. The lowest BCUT2D eigenvalue weighted by Gasteiger charge is -2.33. The third-order valence-electron chi connectivity index (χ3n) is 4.35. The number of nitrogens with two attached hydrogens (primary N) is 1. The van der Waals surface area contributed by atoms with Gasteiger partial charge in [0.2, 0.25) is 5.91 Å². The van der Waals surface area contributed by atoms with Crippen molar-refractivity contribution in [2.75, 3.05) is 11.4 Å². The summed E-state index contributed by atoms with van der Waals surface area (Å²) in [6.45, 7) is 2.48. The number of hydrogen-bond acceptors (Lipinski definition) is 3. The van der Waals surface area contributed by atoms with Crippen LogP contribution in [-0.2, 0) is 11.2 Å². The van der Waals surface area contributed by atoms with Gasteiger partial charge in [-0.3, -0.25) is 14.6 Å². The molecule has 118 valence electrons. The molecule has 5 heteroatoms. The summed E-state index contributed by atoms with van der Waals surface area (Å²) in [5, 5.41) is 0. The second kappa shape index (κ2) is 6.20. The molecule has 0 saturated carbocycles. The van der Waals surface area contributed by atoms with Crippen molar-refractivity contribution in [1.29, 1.82) is 0 Å². The molecule has 1 aromatic heterocycles. The highest BCUT2D eigenvalue weighted by atomic mass is 16.2. The Kier molecular flexibility index (Phi) is 4.10. The molecular formula is C18H19N3O2.